The first-order chi connectivity index (χ1) is 10.9. The van der Waals surface area contributed by atoms with Gasteiger partial charge in [-0.2, -0.15) is 0 Å². The molecular formula is C16H9ClF2N2O2. The molecule has 4 nitrogen and oxygen atoms in total. The van der Waals surface area contributed by atoms with Crippen LogP contribution in [0.4, 0.5) is 14.5 Å². The van der Waals surface area contributed by atoms with Crippen LogP contribution in [0.2, 0.25) is 5.02 Å². The van der Waals surface area contributed by atoms with E-state index in [0.29, 0.717) is 16.6 Å². The van der Waals surface area contributed by atoms with Crippen LogP contribution in [0.3, 0.4) is 0 Å². The third kappa shape index (κ3) is 3.07. The molecule has 1 heterocycles. The summed E-state index contributed by atoms with van der Waals surface area (Å²) in [5.74, 6) is -2.43. The summed E-state index contributed by atoms with van der Waals surface area (Å²) < 4.78 is 26.3. The van der Waals surface area contributed by atoms with Crippen LogP contribution in [-0.4, -0.2) is 10.9 Å². The summed E-state index contributed by atoms with van der Waals surface area (Å²) in [5.41, 5.74) is -0.284. The Kier molecular flexibility index (Phi) is 3.83. The van der Waals surface area contributed by atoms with E-state index < -0.39 is 23.0 Å². The van der Waals surface area contributed by atoms with Gasteiger partial charge in [0.25, 0.3) is 5.91 Å². The van der Waals surface area contributed by atoms with Crippen molar-refractivity contribution in [2.75, 3.05) is 5.32 Å². The lowest BCUT2D eigenvalue weighted by Crippen LogP contribution is -2.22. The zero-order valence-corrected chi connectivity index (χ0v) is 12.2. The van der Waals surface area contributed by atoms with E-state index in [-0.39, 0.29) is 16.6 Å². The zero-order chi connectivity index (χ0) is 16.6. The standard InChI is InChI=1S/C16H9ClF2N2O2/c17-8-1-2-12-14(3-8)20-7-13(15(12)22)16(23)21-11-5-9(18)4-10(19)6-11/h1-7H,(H,20,22)(H,21,23). The number of nitrogens with one attached hydrogen (secondary N) is 2. The van der Waals surface area contributed by atoms with Gasteiger partial charge in [-0.05, 0) is 30.3 Å². The third-order valence-corrected chi connectivity index (χ3v) is 3.44. The average Bonchev–Trinajstić information content (AvgIpc) is 2.46. The van der Waals surface area contributed by atoms with Gasteiger partial charge in [-0.25, -0.2) is 8.78 Å². The molecule has 1 aromatic heterocycles. The number of carbonyl (C=O) groups excluding carboxylic acids is 1. The third-order valence-electron chi connectivity index (χ3n) is 3.21. The van der Waals surface area contributed by atoms with Crippen LogP contribution in [0.1, 0.15) is 10.4 Å². The van der Waals surface area contributed by atoms with E-state index in [9.17, 15) is 18.4 Å². The van der Waals surface area contributed by atoms with Crippen LogP contribution in [0.15, 0.2) is 47.4 Å². The molecule has 3 aromatic rings. The number of carbonyl (C=O) groups is 1. The number of pyridine rings is 1. The highest BCUT2D eigenvalue weighted by molar-refractivity contribution is 6.31. The van der Waals surface area contributed by atoms with Gasteiger partial charge in [-0.1, -0.05) is 11.6 Å². The van der Waals surface area contributed by atoms with E-state index in [0.717, 1.165) is 12.1 Å². The van der Waals surface area contributed by atoms with Gasteiger partial charge in [0.2, 0.25) is 5.43 Å². The highest BCUT2D eigenvalue weighted by atomic mass is 35.5. The van der Waals surface area contributed by atoms with Crippen molar-refractivity contribution in [1.82, 2.24) is 4.98 Å². The molecule has 0 aliphatic rings. The van der Waals surface area contributed by atoms with Crippen molar-refractivity contribution in [3.63, 3.8) is 0 Å². The molecule has 1 amide bonds. The fraction of sp³-hybridized carbons (Fsp3) is 0. The minimum absolute atomic E-state index is 0.0805. The van der Waals surface area contributed by atoms with Crippen molar-refractivity contribution in [1.29, 1.82) is 0 Å². The second-order valence-corrected chi connectivity index (χ2v) is 5.27. The number of hydrogen-bond acceptors (Lipinski definition) is 2. The summed E-state index contributed by atoms with van der Waals surface area (Å²) in [6.07, 6.45) is 1.23. The van der Waals surface area contributed by atoms with Crippen LogP contribution < -0.4 is 10.7 Å². The lowest BCUT2D eigenvalue weighted by atomic mass is 10.1. The molecule has 0 fully saturated rings. The van der Waals surface area contributed by atoms with E-state index >= 15 is 0 Å². The Hall–Kier alpha value is -2.73. The molecule has 0 atom stereocenters. The summed E-state index contributed by atoms with van der Waals surface area (Å²) in [7, 11) is 0. The molecule has 0 bridgehead atoms. The molecule has 0 radical (unpaired) electrons. The van der Waals surface area contributed by atoms with Gasteiger partial charge in [-0.3, -0.25) is 9.59 Å². The summed E-state index contributed by atoms with van der Waals surface area (Å²) in [4.78, 5) is 27.3. The van der Waals surface area contributed by atoms with E-state index in [2.05, 4.69) is 10.3 Å². The van der Waals surface area contributed by atoms with Gasteiger partial charge in [0, 0.05) is 28.4 Å². The molecule has 0 saturated carbocycles. The first-order valence-corrected chi connectivity index (χ1v) is 6.90. The lowest BCUT2D eigenvalue weighted by molar-refractivity contribution is 0.102. The predicted octanol–water partition coefficient (Wildman–Crippen LogP) is 3.71. The molecule has 0 unspecified atom stereocenters. The van der Waals surface area contributed by atoms with Gasteiger partial charge in [0.1, 0.15) is 17.2 Å². The molecule has 2 aromatic carbocycles. The summed E-state index contributed by atoms with van der Waals surface area (Å²) >= 11 is 5.84. The van der Waals surface area contributed by atoms with Crippen molar-refractivity contribution in [3.05, 3.63) is 75.0 Å². The smallest absolute Gasteiger partial charge is 0.261 e. The fourth-order valence-corrected chi connectivity index (χ4v) is 2.36. The SMILES string of the molecule is O=C(Nc1cc(F)cc(F)c1)c1c[nH]c2cc(Cl)ccc2c1=O. The maximum absolute atomic E-state index is 13.1. The van der Waals surface area contributed by atoms with Crippen molar-refractivity contribution < 1.29 is 13.6 Å². The minimum Gasteiger partial charge on any atom is -0.360 e. The van der Waals surface area contributed by atoms with Crippen LogP contribution in [-0.2, 0) is 0 Å². The topological polar surface area (TPSA) is 62.0 Å². The Morgan fingerprint density at radius 2 is 1.78 bits per heavy atom. The van der Waals surface area contributed by atoms with Gasteiger partial charge in [0.05, 0.1) is 5.52 Å². The average molecular weight is 335 g/mol. The molecule has 23 heavy (non-hydrogen) atoms. The highest BCUT2D eigenvalue weighted by Crippen LogP contribution is 2.16. The summed E-state index contributed by atoms with van der Waals surface area (Å²) in [5, 5.41) is 3.02. The molecule has 7 heteroatoms. The summed E-state index contributed by atoms with van der Waals surface area (Å²) in [6.45, 7) is 0. The van der Waals surface area contributed by atoms with Crippen LogP contribution in [0, 0.1) is 11.6 Å². The molecule has 2 N–H and O–H groups in total. The number of fused-ring (bicyclic) bond motifs is 1. The van der Waals surface area contributed by atoms with Gasteiger partial charge in [-0.15, -0.1) is 0 Å². The first kappa shape index (κ1) is 15.2. The number of amides is 1. The number of aromatic nitrogens is 1. The Balaban J connectivity index is 1.99. The molecule has 0 spiro atoms. The number of rotatable bonds is 2. The van der Waals surface area contributed by atoms with Crippen molar-refractivity contribution in [2.45, 2.75) is 0 Å². The zero-order valence-electron chi connectivity index (χ0n) is 11.5. The maximum Gasteiger partial charge on any atom is 0.261 e. The van der Waals surface area contributed by atoms with Crippen molar-refractivity contribution >= 4 is 34.1 Å². The lowest BCUT2D eigenvalue weighted by Gasteiger charge is -2.06. The van der Waals surface area contributed by atoms with E-state index in [1.54, 1.807) is 6.07 Å². The van der Waals surface area contributed by atoms with Crippen LogP contribution >= 0.6 is 11.6 Å². The van der Waals surface area contributed by atoms with Crippen molar-refractivity contribution in [2.24, 2.45) is 0 Å². The first-order valence-electron chi connectivity index (χ1n) is 6.52. The van der Waals surface area contributed by atoms with Crippen LogP contribution in [0.5, 0.6) is 0 Å². The predicted molar refractivity (Wildman–Crippen MR) is 83.9 cm³/mol. The maximum atomic E-state index is 13.1. The number of benzene rings is 2. The van der Waals surface area contributed by atoms with Gasteiger partial charge in [0.15, 0.2) is 0 Å². The number of halogens is 3. The number of aromatic amines is 1. The molecule has 116 valence electrons. The van der Waals surface area contributed by atoms with Gasteiger partial charge < -0.3 is 10.3 Å². The molecule has 0 aliphatic heterocycles. The Bertz CT molecular complexity index is 965. The largest absolute Gasteiger partial charge is 0.360 e. The summed E-state index contributed by atoms with van der Waals surface area (Å²) in [6, 6.07) is 7.17. The minimum atomic E-state index is -0.831. The van der Waals surface area contributed by atoms with Crippen LogP contribution in [0.25, 0.3) is 10.9 Å². The second kappa shape index (κ2) is 5.81. The van der Waals surface area contributed by atoms with E-state index in [4.69, 9.17) is 11.6 Å². The quantitative estimate of drug-likeness (QED) is 0.750. The van der Waals surface area contributed by atoms with E-state index in [1.165, 1.54) is 18.3 Å². The normalized spacial score (nSPS) is 10.7. The second-order valence-electron chi connectivity index (χ2n) is 4.83. The molecule has 0 saturated heterocycles. The Morgan fingerprint density at radius 3 is 2.48 bits per heavy atom. The molecular weight excluding hydrogens is 326 g/mol. The number of anilines is 1. The van der Waals surface area contributed by atoms with E-state index in [1.807, 2.05) is 0 Å². The number of H-pyrrole nitrogens is 1. The molecule has 3 rings (SSSR count). The highest BCUT2D eigenvalue weighted by Gasteiger charge is 2.14. The number of hydrogen-bond donors (Lipinski definition) is 2. The Morgan fingerprint density at radius 1 is 1.09 bits per heavy atom. The monoisotopic (exact) mass is 334 g/mol. The van der Waals surface area contributed by atoms with Gasteiger partial charge >= 0.3 is 0 Å². The fourth-order valence-electron chi connectivity index (χ4n) is 2.19. The Labute approximate surface area is 133 Å². The van der Waals surface area contributed by atoms with Crippen molar-refractivity contribution in [3.8, 4) is 0 Å². The molecule has 0 aliphatic carbocycles.